The summed E-state index contributed by atoms with van der Waals surface area (Å²) < 4.78 is 0. The van der Waals surface area contributed by atoms with E-state index in [0.717, 1.165) is 5.69 Å². The van der Waals surface area contributed by atoms with Gasteiger partial charge in [-0.3, -0.25) is 14.5 Å². The largest absolute Gasteiger partial charge is 0.311 e. The molecule has 1 aliphatic heterocycles. The van der Waals surface area contributed by atoms with Crippen molar-refractivity contribution >= 4 is 22.5 Å². The van der Waals surface area contributed by atoms with E-state index in [9.17, 15) is 9.59 Å². The number of amides is 1. The second kappa shape index (κ2) is 7.86. The molecule has 2 aromatic carbocycles. The van der Waals surface area contributed by atoms with Crippen molar-refractivity contribution in [1.82, 2.24) is 14.9 Å². The Morgan fingerprint density at radius 1 is 1.21 bits per heavy atom. The van der Waals surface area contributed by atoms with Gasteiger partial charge in [0.05, 0.1) is 35.1 Å². The normalized spacial score (nSPS) is 16.5. The molecular weight excluding hydrogens is 366 g/mol. The first kappa shape index (κ1) is 18.8. The number of H-pyrrole nitrogens is 1. The number of nitriles is 1. The number of carbonyl (C=O) groups excluding carboxylic acids is 1. The summed E-state index contributed by atoms with van der Waals surface area (Å²) >= 11 is 0. The van der Waals surface area contributed by atoms with Crippen LogP contribution in [-0.2, 0) is 11.3 Å². The molecule has 0 aliphatic carbocycles. The summed E-state index contributed by atoms with van der Waals surface area (Å²) in [5.74, 6) is 0.583. The molecule has 3 aromatic rings. The summed E-state index contributed by atoms with van der Waals surface area (Å²) in [4.78, 5) is 36.6. The zero-order valence-electron chi connectivity index (χ0n) is 16.1. The quantitative estimate of drug-likeness (QED) is 0.726. The number of nitrogens with one attached hydrogen (secondary N) is 1. The fraction of sp³-hybridized carbons (Fsp3) is 0.273. The molecule has 2 heterocycles. The van der Waals surface area contributed by atoms with E-state index in [1.54, 1.807) is 35.2 Å². The topological polar surface area (TPSA) is 93.1 Å². The number of rotatable bonds is 5. The molecule has 1 amide bonds. The van der Waals surface area contributed by atoms with Gasteiger partial charge in [-0.1, -0.05) is 19.1 Å². The van der Waals surface area contributed by atoms with Crippen molar-refractivity contribution in [2.24, 2.45) is 0 Å². The third-order valence-corrected chi connectivity index (χ3v) is 5.35. The number of aromatic nitrogens is 2. The van der Waals surface area contributed by atoms with Crippen LogP contribution in [0.15, 0.2) is 53.3 Å². The Kier molecular flexibility index (Phi) is 5.10. The smallest absolute Gasteiger partial charge is 0.258 e. The lowest BCUT2D eigenvalue weighted by atomic mass is 10.2. The number of carbonyl (C=O) groups is 1. The van der Waals surface area contributed by atoms with Crippen LogP contribution in [0.3, 0.4) is 0 Å². The van der Waals surface area contributed by atoms with Gasteiger partial charge in [0.25, 0.3) is 5.56 Å². The van der Waals surface area contributed by atoms with Gasteiger partial charge in [-0.15, -0.1) is 0 Å². The average Bonchev–Trinajstić information content (AvgIpc) is 3.13. The van der Waals surface area contributed by atoms with Crippen molar-refractivity contribution in [3.8, 4) is 6.07 Å². The van der Waals surface area contributed by atoms with Crippen LogP contribution in [0.2, 0.25) is 0 Å². The number of para-hydroxylation sites is 1. The number of hydrogen-bond donors (Lipinski definition) is 1. The third kappa shape index (κ3) is 3.62. The first-order chi connectivity index (χ1) is 14.1. The average molecular weight is 387 g/mol. The molecule has 0 spiro atoms. The van der Waals surface area contributed by atoms with Crippen molar-refractivity contribution in [3.63, 3.8) is 0 Å². The standard InChI is InChI=1S/C22H21N5O2/c1-2-26(14-20-24-18-6-4-3-5-17(18)21(28)25-20)19-11-12-27(22(19)29)16-9-7-15(13-23)8-10-16/h3-10,19H,2,11-12,14H2,1H3,(H,24,25,28). The maximum atomic E-state index is 13.1. The van der Waals surface area contributed by atoms with Gasteiger partial charge < -0.3 is 9.88 Å². The molecule has 7 heteroatoms. The van der Waals surface area contributed by atoms with Gasteiger partial charge in [0.2, 0.25) is 5.91 Å². The Morgan fingerprint density at radius 3 is 2.69 bits per heavy atom. The Bertz CT molecular complexity index is 1150. The number of nitrogens with zero attached hydrogens (tertiary/aromatic N) is 4. The second-order valence-electron chi connectivity index (χ2n) is 7.05. The molecule has 146 valence electrons. The minimum atomic E-state index is -0.271. The first-order valence-corrected chi connectivity index (χ1v) is 9.64. The van der Waals surface area contributed by atoms with E-state index in [1.807, 2.05) is 30.0 Å². The van der Waals surface area contributed by atoms with Gasteiger partial charge in [-0.25, -0.2) is 4.98 Å². The lowest BCUT2D eigenvalue weighted by Crippen LogP contribution is -2.42. The van der Waals surface area contributed by atoms with E-state index < -0.39 is 0 Å². The predicted octanol–water partition coefficient (Wildman–Crippen LogP) is 2.42. The molecule has 0 radical (unpaired) electrons. The van der Waals surface area contributed by atoms with Gasteiger partial charge >= 0.3 is 0 Å². The van der Waals surface area contributed by atoms with Gasteiger partial charge in [-0.05, 0) is 49.4 Å². The monoisotopic (exact) mass is 387 g/mol. The van der Waals surface area contributed by atoms with E-state index in [2.05, 4.69) is 16.0 Å². The minimum Gasteiger partial charge on any atom is -0.311 e. The van der Waals surface area contributed by atoms with Crippen LogP contribution >= 0.6 is 0 Å². The Hall–Kier alpha value is -3.50. The molecule has 1 saturated heterocycles. The summed E-state index contributed by atoms with van der Waals surface area (Å²) in [7, 11) is 0. The van der Waals surface area contributed by atoms with E-state index in [0.29, 0.717) is 48.3 Å². The molecule has 0 saturated carbocycles. The van der Waals surface area contributed by atoms with Crippen LogP contribution in [-0.4, -0.2) is 39.9 Å². The van der Waals surface area contributed by atoms with Crippen LogP contribution in [0.25, 0.3) is 10.9 Å². The van der Waals surface area contributed by atoms with Gasteiger partial charge in [0, 0.05) is 12.2 Å². The molecule has 1 N–H and O–H groups in total. The highest BCUT2D eigenvalue weighted by atomic mass is 16.2. The highest BCUT2D eigenvalue weighted by Gasteiger charge is 2.36. The zero-order valence-corrected chi connectivity index (χ0v) is 16.1. The molecular formula is C22H21N5O2. The van der Waals surface area contributed by atoms with Gasteiger partial charge in [-0.2, -0.15) is 5.26 Å². The molecule has 1 aromatic heterocycles. The number of anilines is 1. The maximum Gasteiger partial charge on any atom is 0.258 e. The summed E-state index contributed by atoms with van der Waals surface area (Å²) in [6.07, 6.45) is 0.699. The molecule has 4 rings (SSSR count). The van der Waals surface area contributed by atoms with E-state index in [-0.39, 0.29) is 17.5 Å². The van der Waals surface area contributed by atoms with Crippen molar-refractivity contribution in [1.29, 1.82) is 5.26 Å². The Labute approximate surface area is 168 Å². The van der Waals surface area contributed by atoms with Crippen molar-refractivity contribution in [2.75, 3.05) is 18.0 Å². The van der Waals surface area contributed by atoms with Crippen LogP contribution in [0.5, 0.6) is 0 Å². The number of hydrogen-bond acceptors (Lipinski definition) is 5. The van der Waals surface area contributed by atoms with Crippen LogP contribution in [0.4, 0.5) is 5.69 Å². The van der Waals surface area contributed by atoms with E-state index in [4.69, 9.17) is 5.26 Å². The predicted molar refractivity (Wildman–Crippen MR) is 110 cm³/mol. The lowest BCUT2D eigenvalue weighted by Gasteiger charge is -2.26. The van der Waals surface area contributed by atoms with E-state index >= 15 is 0 Å². The number of fused-ring (bicyclic) bond motifs is 1. The highest BCUT2D eigenvalue weighted by molar-refractivity contribution is 5.99. The second-order valence-corrected chi connectivity index (χ2v) is 7.05. The van der Waals surface area contributed by atoms with Crippen molar-refractivity contribution in [3.05, 3.63) is 70.3 Å². The SMILES string of the molecule is CCN(Cc1nc2ccccc2c(=O)[nH]1)C1CCN(c2ccc(C#N)cc2)C1=O. The highest BCUT2D eigenvalue weighted by Crippen LogP contribution is 2.25. The first-order valence-electron chi connectivity index (χ1n) is 9.64. The summed E-state index contributed by atoms with van der Waals surface area (Å²) in [6, 6.07) is 16.1. The van der Waals surface area contributed by atoms with Crippen molar-refractivity contribution < 1.29 is 4.79 Å². The van der Waals surface area contributed by atoms with Gasteiger partial charge in [0.15, 0.2) is 0 Å². The van der Waals surface area contributed by atoms with Crippen LogP contribution < -0.4 is 10.5 Å². The molecule has 1 atom stereocenters. The summed E-state index contributed by atoms with van der Waals surface area (Å²) in [5.41, 5.74) is 1.85. The molecule has 1 fully saturated rings. The lowest BCUT2D eigenvalue weighted by molar-refractivity contribution is -0.121. The zero-order chi connectivity index (χ0) is 20.4. The number of aromatic amines is 1. The summed E-state index contributed by atoms with van der Waals surface area (Å²) in [6.45, 7) is 3.67. The minimum absolute atomic E-state index is 0.0275. The number of benzene rings is 2. The van der Waals surface area contributed by atoms with Crippen LogP contribution in [0, 0.1) is 11.3 Å². The molecule has 1 aliphatic rings. The molecule has 0 bridgehead atoms. The Morgan fingerprint density at radius 2 is 1.97 bits per heavy atom. The fourth-order valence-corrected chi connectivity index (χ4v) is 3.82. The van der Waals surface area contributed by atoms with Crippen LogP contribution in [0.1, 0.15) is 24.7 Å². The fourth-order valence-electron chi connectivity index (χ4n) is 3.82. The van der Waals surface area contributed by atoms with Crippen molar-refractivity contribution in [2.45, 2.75) is 25.9 Å². The molecule has 29 heavy (non-hydrogen) atoms. The summed E-state index contributed by atoms with van der Waals surface area (Å²) in [5, 5.41) is 9.51. The third-order valence-electron chi connectivity index (χ3n) is 5.35. The van der Waals surface area contributed by atoms with E-state index in [1.165, 1.54) is 0 Å². The molecule has 7 nitrogen and oxygen atoms in total. The Balaban J connectivity index is 1.54. The maximum absolute atomic E-state index is 13.1. The van der Waals surface area contributed by atoms with Gasteiger partial charge in [0.1, 0.15) is 5.82 Å². The number of likely N-dealkylation sites (N-methyl/N-ethyl adjacent to an activating group) is 1. The molecule has 1 unspecified atom stereocenters.